The topological polar surface area (TPSA) is 35.2 Å². The minimum atomic E-state index is 0.635. The maximum atomic E-state index is 6.12. The molecule has 0 saturated heterocycles. The molecule has 0 bridgehead atoms. The Kier molecular flexibility index (Phi) is 6.10. The van der Waals surface area contributed by atoms with Crippen molar-refractivity contribution < 1.29 is 4.74 Å². The van der Waals surface area contributed by atoms with E-state index in [0.29, 0.717) is 6.54 Å². The van der Waals surface area contributed by atoms with Gasteiger partial charge in [0.15, 0.2) is 0 Å². The maximum Gasteiger partial charge on any atom is 0.0556 e. The lowest BCUT2D eigenvalue weighted by molar-refractivity contribution is 0.218. The van der Waals surface area contributed by atoms with Crippen LogP contribution in [0.15, 0.2) is 23.1 Å². The largest absolute Gasteiger partial charge is 0.384 e. The van der Waals surface area contributed by atoms with Crippen molar-refractivity contribution in [3.63, 3.8) is 0 Å². The molecule has 0 heterocycles. The van der Waals surface area contributed by atoms with Gasteiger partial charge in [0.2, 0.25) is 0 Å². The zero-order valence-electron chi connectivity index (χ0n) is 8.83. The molecule has 0 saturated carbocycles. The third-order valence-electron chi connectivity index (χ3n) is 1.99. The van der Waals surface area contributed by atoms with E-state index in [1.165, 1.54) is 4.90 Å². The molecule has 0 spiro atoms. The summed E-state index contributed by atoms with van der Waals surface area (Å²) < 4.78 is 4.99. The molecule has 2 nitrogen and oxygen atoms in total. The molecular weight excluding hydrogens is 230 g/mol. The van der Waals surface area contributed by atoms with Gasteiger partial charge >= 0.3 is 0 Å². The van der Waals surface area contributed by atoms with Gasteiger partial charge in [0, 0.05) is 22.8 Å². The molecule has 0 unspecified atom stereocenters. The second-order valence-corrected chi connectivity index (χ2v) is 4.71. The molecule has 1 rings (SSSR count). The van der Waals surface area contributed by atoms with Crippen LogP contribution >= 0.6 is 23.4 Å². The number of rotatable bonds is 6. The number of nitrogens with two attached hydrogens (primary N) is 1. The van der Waals surface area contributed by atoms with Gasteiger partial charge in [-0.15, -0.1) is 11.8 Å². The average Bonchev–Trinajstić information content (AvgIpc) is 2.23. The zero-order chi connectivity index (χ0) is 11.1. The highest BCUT2D eigenvalue weighted by molar-refractivity contribution is 7.99. The van der Waals surface area contributed by atoms with Crippen LogP contribution in [0.25, 0.3) is 0 Å². The van der Waals surface area contributed by atoms with Gasteiger partial charge in [-0.1, -0.05) is 17.7 Å². The van der Waals surface area contributed by atoms with E-state index in [9.17, 15) is 0 Å². The molecule has 84 valence electrons. The highest BCUT2D eigenvalue weighted by Gasteiger charge is 2.01. The van der Waals surface area contributed by atoms with Crippen LogP contribution in [0.2, 0.25) is 5.02 Å². The van der Waals surface area contributed by atoms with E-state index in [4.69, 9.17) is 22.1 Å². The van der Waals surface area contributed by atoms with Crippen LogP contribution in [0.3, 0.4) is 0 Å². The molecule has 0 aliphatic carbocycles. The van der Waals surface area contributed by atoms with E-state index in [1.54, 1.807) is 18.9 Å². The van der Waals surface area contributed by atoms with Gasteiger partial charge in [0.05, 0.1) is 6.61 Å². The molecule has 1 aromatic carbocycles. The third kappa shape index (κ3) is 4.43. The van der Waals surface area contributed by atoms with Crippen LogP contribution in [-0.2, 0) is 11.2 Å². The highest BCUT2D eigenvalue weighted by atomic mass is 35.5. The molecule has 2 N–H and O–H groups in total. The SMILES string of the molecule is COCCSc1ccc(CCN)c(Cl)c1. The monoisotopic (exact) mass is 245 g/mol. The van der Waals surface area contributed by atoms with Crippen LogP contribution in [0.5, 0.6) is 0 Å². The first-order valence-corrected chi connectivity index (χ1v) is 6.24. The lowest BCUT2D eigenvalue weighted by Gasteiger charge is -2.05. The van der Waals surface area contributed by atoms with Gasteiger partial charge in [-0.25, -0.2) is 0 Å². The Hall–Kier alpha value is -0.220. The fourth-order valence-electron chi connectivity index (χ4n) is 1.22. The average molecular weight is 246 g/mol. The van der Waals surface area contributed by atoms with Crippen molar-refractivity contribution in [1.29, 1.82) is 0 Å². The fraction of sp³-hybridized carbons (Fsp3) is 0.455. The van der Waals surface area contributed by atoms with Crippen LogP contribution in [-0.4, -0.2) is 26.0 Å². The molecule has 0 aliphatic heterocycles. The summed E-state index contributed by atoms with van der Waals surface area (Å²) in [6.45, 7) is 1.39. The molecule has 0 aromatic heterocycles. The Labute approximate surface area is 100 Å². The lowest BCUT2D eigenvalue weighted by atomic mass is 10.1. The summed E-state index contributed by atoms with van der Waals surface area (Å²) in [7, 11) is 1.71. The quantitative estimate of drug-likeness (QED) is 0.618. The molecule has 0 aliphatic rings. The molecule has 0 radical (unpaired) electrons. The third-order valence-corrected chi connectivity index (χ3v) is 3.30. The number of methoxy groups -OCH3 is 1. The van der Waals surface area contributed by atoms with Crippen molar-refractivity contribution >= 4 is 23.4 Å². The number of hydrogen-bond donors (Lipinski definition) is 1. The predicted molar refractivity (Wildman–Crippen MR) is 66.8 cm³/mol. The zero-order valence-corrected chi connectivity index (χ0v) is 10.4. The first-order chi connectivity index (χ1) is 7.27. The van der Waals surface area contributed by atoms with Gasteiger partial charge in [-0.05, 0) is 30.7 Å². The molecular formula is C11H16ClNOS. The second-order valence-electron chi connectivity index (χ2n) is 3.13. The van der Waals surface area contributed by atoms with E-state index in [2.05, 4.69) is 6.07 Å². The lowest BCUT2D eigenvalue weighted by Crippen LogP contribution is -2.03. The molecule has 0 amide bonds. The minimum absolute atomic E-state index is 0.635. The van der Waals surface area contributed by atoms with Gasteiger partial charge < -0.3 is 10.5 Å². The molecule has 0 fully saturated rings. The van der Waals surface area contributed by atoms with E-state index in [-0.39, 0.29) is 0 Å². The van der Waals surface area contributed by atoms with E-state index < -0.39 is 0 Å². The van der Waals surface area contributed by atoms with Crippen molar-refractivity contribution in [3.05, 3.63) is 28.8 Å². The standard InChI is InChI=1S/C11H16ClNOS/c1-14-6-7-15-10-3-2-9(4-5-13)11(12)8-10/h2-3,8H,4-7,13H2,1H3. The van der Waals surface area contributed by atoms with Crippen LogP contribution in [0.1, 0.15) is 5.56 Å². The van der Waals surface area contributed by atoms with E-state index in [0.717, 1.165) is 29.4 Å². The smallest absolute Gasteiger partial charge is 0.0556 e. The minimum Gasteiger partial charge on any atom is -0.384 e. The van der Waals surface area contributed by atoms with Gasteiger partial charge in [-0.2, -0.15) is 0 Å². The Bertz CT molecular complexity index is 307. The highest BCUT2D eigenvalue weighted by Crippen LogP contribution is 2.25. The summed E-state index contributed by atoms with van der Waals surface area (Å²) in [4.78, 5) is 1.18. The number of hydrogen-bond acceptors (Lipinski definition) is 3. The van der Waals surface area contributed by atoms with Gasteiger partial charge in [0.25, 0.3) is 0 Å². The Morgan fingerprint density at radius 1 is 1.47 bits per heavy atom. The molecule has 0 atom stereocenters. The second kappa shape index (κ2) is 7.12. The summed E-state index contributed by atoms with van der Waals surface area (Å²) in [5.41, 5.74) is 6.61. The fourth-order valence-corrected chi connectivity index (χ4v) is 2.41. The van der Waals surface area contributed by atoms with Crippen molar-refractivity contribution in [1.82, 2.24) is 0 Å². The van der Waals surface area contributed by atoms with Crippen LogP contribution in [0.4, 0.5) is 0 Å². The first kappa shape index (κ1) is 12.8. The first-order valence-electron chi connectivity index (χ1n) is 4.88. The predicted octanol–water partition coefficient (Wildman–Crippen LogP) is 2.58. The normalized spacial score (nSPS) is 10.6. The summed E-state index contributed by atoms with van der Waals surface area (Å²) in [6.07, 6.45) is 0.835. The Balaban J connectivity index is 2.56. The van der Waals surface area contributed by atoms with Crippen molar-refractivity contribution in [2.45, 2.75) is 11.3 Å². The molecule has 1 aromatic rings. The summed E-state index contributed by atoms with van der Waals surface area (Å²) in [5.74, 6) is 0.947. The summed E-state index contributed by atoms with van der Waals surface area (Å²) in [5, 5.41) is 0.808. The van der Waals surface area contributed by atoms with Crippen molar-refractivity contribution in [2.75, 3.05) is 26.0 Å². The van der Waals surface area contributed by atoms with Gasteiger partial charge in [-0.3, -0.25) is 0 Å². The Morgan fingerprint density at radius 3 is 2.87 bits per heavy atom. The molecule has 15 heavy (non-hydrogen) atoms. The summed E-state index contributed by atoms with van der Waals surface area (Å²) in [6, 6.07) is 6.12. The van der Waals surface area contributed by atoms with Gasteiger partial charge in [0.1, 0.15) is 0 Å². The van der Waals surface area contributed by atoms with Crippen molar-refractivity contribution in [3.8, 4) is 0 Å². The van der Waals surface area contributed by atoms with Crippen LogP contribution < -0.4 is 5.73 Å². The van der Waals surface area contributed by atoms with Crippen LogP contribution in [0, 0.1) is 0 Å². The number of halogens is 1. The number of benzene rings is 1. The maximum absolute atomic E-state index is 6.12. The Morgan fingerprint density at radius 2 is 2.27 bits per heavy atom. The van der Waals surface area contributed by atoms with Crippen molar-refractivity contribution in [2.24, 2.45) is 5.73 Å². The number of thioether (sulfide) groups is 1. The summed E-state index contributed by atoms with van der Waals surface area (Å²) >= 11 is 7.87. The van der Waals surface area contributed by atoms with E-state index >= 15 is 0 Å². The number of ether oxygens (including phenoxy) is 1. The van der Waals surface area contributed by atoms with E-state index in [1.807, 2.05) is 12.1 Å². The molecule has 4 heteroatoms.